The summed E-state index contributed by atoms with van der Waals surface area (Å²) in [6, 6.07) is 11.5. The molecule has 0 radical (unpaired) electrons. The molecule has 0 fully saturated rings. The number of aliphatic hydroxyl groups is 1. The second-order valence-electron chi connectivity index (χ2n) is 10.4. The van der Waals surface area contributed by atoms with Gasteiger partial charge in [-0.05, 0) is 47.6 Å². The lowest BCUT2D eigenvalue weighted by molar-refractivity contribution is 0.0719. The molecule has 2 aromatic carbocycles. The van der Waals surface area contributed by atoms with E-state index < -0.39 is 6.10 Å². The Morgan fingerprint density at radius 1 is 1.23 bits per heavy atom. The summed E-state index contributed by atoms with van der Waals surface area (Å²) < 4.78 is 5.72. The molecule has 0 spiro atoms. The maximum absolute atomic E-state index is 13.1. The molecule has 2 atom stereocenters. The Balaban J connectivity index is 0.00000342. The molecule has 0 aliphatic carbocycles. The number of carbonyl (C=O) groups is 2. The summed E-state index contributed by atoms with van der Waals surface area (Å²) in [4.78, 5) is 27.8. The summed E-state index contributed by atoms with van der Waals surface area (Å²) in [6.07, 6.45) is -0.0201. The molecule has 0 saturated carbocycles. The lowest BCUT2D eigenvalue weighted by Crippen LogP contribution is -2.49. The smallest absolute Gasteiger partial charge is 0.255 e. The first-order chi connectivity index (χ1) is 16.2. The van der Waals surface area contributed by atoms with Crippen LogP contribution >= 0.6 is 12.4 Å². The highest BCUT2D eigenvalue weighted by molar-refractivity contribution is 6.03. The van der Waals surface area contributed by atoms with E-state index in [1.165, 1.54) is 11.1 Å². The van der Waals surface area contributed by atoms with E-state index >= 15 is 0 Å². The van der Waals surface area contributed by atoms with Crippen molar-refractivity contribution >= 4 is 24.2 Å². The standard InChI is InChI=1S/C27H35N3O4.ClH/c1-5-34-24-12-20-19(15-30(26(20)33)16-27(2,3)4)10-21(24)25(32)29-14-23(31)22-11-17-8-6-7-9-18(17)13-28-22;/h6-10,12,22-23,28,31H,5,11,13-16H2,1-4H3,(H,29,32);1H/t22-,23?;/m0./s1. The van der Waals surface area contributed by atoms with Crippen LogP contribution in [0.1, 0.15) is 65.1 Å². The van der Waals surface area contributed by atoms with E-state index in [0.29, 0.717) is 49.5 Å². The van der Waals surface area contributed by atoms with Gasteiger partial charge in [0.05, 0.1) is 18.3 Å². The van der Waals surface area contributed by atoms with Crippen LogP contribution in [0.3, 0.4) is 0 Å². The molecule has 35 heavy (non-hydrogen) atoms. The SMILES string of the molecule is CCOc1cc2c(cc1C(=O)NCC(O)[C@@H]1Cc3ccccc3CN1)CN(CC(C)(C)C)C2=O.Cl. The van der Waals surface area contributed by atoms with Crippen LogP contribution in [0.25, 0.3) is 0 Å². The van der Waals surface area contributed by atoms with Crippen molar-refractivity contribution in [3.8, 4) is 5.75 Å². The highest BCUT2D eigenvalue weighted by Gasteiger charge is 2.33. The van der Waals surface area contributed by atoms with E-state index in [1.54, 1.807) is 12.1 Å². The second-order valence-corrected chi connectivity index (χ2v) is 10.4. The van der Waals surface area contributed by atoms with Crippen molar-refractivity contribution in [1.82, 2.24) is 15.5 Å². The maximum Gasteiger partial charge on any atom is 0.255 e. The van der Waals surface area contributed by atoms with Gasteiger partial charge in [-0.3, -0.25) is 9.59 Å². The third kappa shape index (κ3) is 6.15. The van der Waals surface area contributed by atoms with Crippen LogP contribution in [0.5, 0.6) is 5.75 Å². The van der Waals surface area contributed by atoms with Gasteiger partial charge in [-0.2, -0.15) is 0 Å². The molecule has 190 valence electrons. The summed E-state index contributed by atoms with van der Waals surface area (Å²) >= 11 is 0. The van der Waals surface area contributed by atoms with E-state index in [4.69, 9.17) is 4.74 Å². The molecule has 0 saturated heterocycles. The zero-order valence-electron chi connectivity index (χ0n) is 20.9. The molecular weight excluding hydrogens is 466 g/mol. The van der Waals surface area contributed by atoms with Crippen LogP contribution in [-0.2, 0) is 19.5 Å². The van der Waals surface area contributed by atoms with Crippen molar-refractivity contribution in [3.63, 3.8) is 0 Å². The number of hydrogen-bond donors (Lipinski definition) is 3. The van der Waals surface area contributed by atoms with E-state index in [-0.39, 0.29) is 42.2 Å². The zero-order valence-corrected chi connectivity index (χ0v) is 21.7. The number of nitrogens with one attached hydrogen (secondary N) is 2. The van der Waals surface area contributed by atoms with E-state index in [0.717, 1.165) is 5.56 Å². The first kappa shape index (κ1) is 27.0. The molecule has 4 rings (SSSR count). The van der Waals surface area contributed by atoms with Gasteiger partial charge in [-0.15, -0.1) is 12.4 Å². The first-order valence-corrected chi connectivity index (χ1v) is 12.0. The van der Waals surface area contributed by atoms with Crippen molar-refractivity contribution in [2.45, 2.75) is 59.4 Å². The molecule has 2 aromatic rings. The van der Waals surface area contributed by atoms with Crippen LogP contribution in [0.2, 0.25) is 0 Å². The largest absolute Gasteiger partial charge is 0.493 e. The van der Waals surface area contributed by atoms with Crippen LogP contribution < -0.4 is 15.4 Å². The Bertz CT molecular complexity index is 1080. The first-order valence-electron chi connectivity index (χ1n) is 12.0. The lowest BCUT2D eigenvalue weighted by atomic mass is 9.93. The molecule has 7 nitrogen and oxygen atoms in total. The Kier molecular flexibility index (Phi) is 8.46. The maximum atomic E-state index is 13.1. The van der Waals surface area contributed by atoms with Gasteiger partial charge >= 0.3 is 0 Å². The fourth-order valence-electron chi connectivity index (χ4n) is 4.74. The number of hydrogen-bond acceptors (Lipinski definition) is 5. The third-order valence-corrected chi connectivity index (χ3v) is 6.34. The summed E-state index contributed by atoms with van der Waals surface area (Å²) in [5.74, 6) is 0.0454. The second kappa shape index (κ2) is 11.0. The monoisotopic (exact) mass is 501 g/mol. The van der Waals surface area contributed by atoms with E-state index in [1.807, 2.05) is 24.0 Å². The Morgan fingerprint density at radius 2 is 1.94 bits per heavy atom. The van der Waals surface area contributed by atoms with Crippen LogP contribution in [0, 0.1) is 5.41 Å². The van der Waals surface area contributed by atoms with Gasteiger partial charge in [-0.25, -0.2) is 0 Å². The van der Waals surface area contributed by atoms with Crippen molar-refractivity contribution in [2.24, 2.45) is 5.41 Å². The number of rotatable bonds is 7. The number of nitrogens with zero attached hydrogens (tertiary/aromatic N) is 1. The van der Waals surface area contributed by atoms with Crippen molar-refractivity contribution in [3.05, 3.63) is 64.2 Å². The predicted molar refractivity (Wildman–Crippen MR) is 138 cm³/mol. The molecule has 8 heteroatoms. The number of aliphatic hydroxyl groups excluding tert-OH is 1. The van der Waals surface area contributed by atoms with Gasteiger partial charge in [-0.1, -0.05) is 45.0 Å². The molecule has 0 aromatic heterocycles. The molecule has 1 unspecified atom stereocenters. The van der Waals surface area contributed by atoms with Gasteiger partial charge in [0.2, 0.25) is 0 Å². The lowest BCUT2D eigenvalue weighted by Gasteiger charge is -2.30. The zero-order chi connectivity index (χ0) is 24.5. The van der Waals surface area contributed by atoms with Crippen molar-refractivity contribution in [1.29, 1.82) is 0 Å². The number of ether oxygens (including phenoxy) is 1. The fraction of sp³-hybridized carbons (Fsp3) is 0.481. The number of fused-ring (bicyclic) bond motifs is 2. The van der Waals surface area contributed by atoms with Crippen LogP contribution in [0.4, 0.5) is 0 Å². The van der Waals surface area contributed by atoms with Crippen LogP contribution in [-0.4, -0.2) is 53.7 Å². The third-order valence-electron chi connectivity index (χ3n) is 6.34. The minimum absolute atomic E-state index is 0. The number of carbonyl (C=O) groups excluding carboxylic acids is 2. The number of benzene rings is 2. The predicted octanol–water partition coefficient (Wildman–Crippen LogP) is 3.31. The minimum atomic E-state index is -0.730. The summed E-state index contributed by atoms with van der Waals surface area (Å²) in [6.45, 7) is 10.4. The van der Waals surface area contributed by atoms with Gasteiger partial charge < -0.3 is 25.4 Å². The molecule has 2 aliphatic rings. The van der Waals surface area contributed by atoms with Gasteiger partial charge in [0, 0.05) is 37.8 Å². The Hall–Kier alpha value is -2.61. The molecule has 2 aliphatic heterocycles. The average molecular weight is 502 g/mol. The minimum Gasteiger partial charge on any atom is -0.493 e. The summed E-state index contributed by atoms with van der Waals surface area (Å²) in [7, 11) is 0. The fourth-order valence-corrected chi connectivity index (χ4v) is 4.74. The summed E-state index contributed by atoms with van der Waals surface area (Å²) in [5, 5.41) is 17.0. The number of halogens is 1. The van der Waals surface area contributed by atoms with Crippen molar-refractivity contribution in [2.75, 3.05) is 19.7 Å². The Labute approximate surface area is 213 Å². The molecular formula is C27H36ClN3O4. The van der Waals surface area contributed by atoms with Gasteiger partial charge in [0.15, 0.2) is 0 Å². The molecule has 2 amide bonds. The Morgan fingerprint density at radius 3 is 2.63 bits per heavy atom. The summed E-state index contributed by atoms with van der Waals surface area (Å²) in [5.41, 5.74) is 4.25. The molecule has 0 bridgehead atoms. The van der Waals surface area contributed by atoms with Crippen LogP contribution in [0.15, 0.2) is 36.4 Å². The molecule has 3 N–H and O–H groups in total. The highest BCUT2D eigenvalue weighted by Crippen LogP contribution is 2.32. The normalized spacial score (nSPS) is 17.8. The topological polar surface area (TPSA) is 90.9 Å². The van der Waals surface area contributed by atoms with E-state index in [9.17, 15) is 14.7 Å². The number of amides is 2. The highest BCUT2D eigenvalue weighted by atomic mass is 35.5. The van der Waals surface area contributed by atoms with E-state index in [2.05, 4.69) is 43.5 Å². The van der Waals surface area contributed by atoms with Crippen molar-refractivity contribution < 1.29 is 19.4 Å². The van der Waals surface area contributed by atoms with Gasteiger partial charge in [0.25, 0.3) is 11.8 Å². The van der Waals surface area contributed by atoms with Gasteiger partial charge in [0.1, 0.15) is 5.75 Å². The quantitative estimate of drug-likeness (QED) is 0.541. The molecule has 2 heterocycles. The average Bonchev–Trinajstić information content (AvgIpc) is 3.09.